The number of nitrogens with two attached hydrogens (primary N) is 1. The summed E-state index contributed by atoms with van der Waals surface area (Å²) < 4.78 is 11.3. The Morgan fingerprint density at radius 2 is 2.00 bits per heavy atom. The molecular formula is C15H12N8O4. The second kappa shape index (κ2) is 6.33. The van der Waals surface area contributed by atoms with Gasteiger partial charge in [0.2, 0.25) is 5.82 Å². The Balaban J connectivity index is 1.54. The summed E-state index contributed by atoms with van der Waals surface area (Å²) in [7, 11) is 0. The van der Waals surface area contributed by atoms with Gasteiger partial charge in [0.25, 0.3) is 5.89 Å². The lowest BCUT2D eigenvalue weighted by atomic mass is 10.1. The molecular weight excluding hydrogens is 356 g/mol. The first kappa shape index (κ1) is 16.4. The number of nitrogens with zero attached hydrogens (tertiary/aromatic N) is 7. The monoisotopic (exact) mass is 368 g/mol. The molecule has 0 bridgehead atoms. The number of hydrogen-bond acceptors (Lipinski definition) is 10. The van der Waals surface area contributed by atoms with Gasteiger partial charge in [-0.2, -0.15) is 9.67 Å². The van der Waals surface area contributed by atoms with Gasteiger partial charge >= 0.3 is 5.82 Å². The number of aryl methyl sites for hydroxylation is 1. The van der Waals surface area contributed by atoms with Crippen LogP contribution in [0, 0.1) is 17.0 Å². The topological polar surface area (TPSA) is 165 Å². The molecule has 12 nitrogen and oxygen atoms in total. The molecule has 4 rings (SSSR count). The maximum Gasteiger partial charge on any atom is 0.390 e. The van der Waals surface area contributed by atoms with Crippen molar-refractivity contribution in [2.75, 3.05) is 5.73 Å². The van der Waals surface area contributed by atoms with Crippen molar-refractivity contribution in [3.05, 3.63) is 51.7 Å². The van der Waals surface area contributed by atoms with Crippen LogP contribution in [0.4, 0.5) is 11.6 Å². The Labute approximate surface area is 150 Å². The average Bonchev–Trinajstić information content (AvgIpc) is 3.36. The van der Waals surface area contributed by atoms with Crippen LogP contribution in [0.2, 0.25) is 0 Å². The third-order valence-corrected chi connectivity index (χ3v) is 3.84. The molecule has 0 saturated heterocycles. The third-order valence-electron chi connectivity index (χ3n) is 3.84. The van der Waals surface area contributed by atoms with Crippen molar-refractivity contribution in [1.82, 2.24) is 30.2 Å². The fourth-order valence-electron chi connectivity index (χ4n) is 2.46. The van der Waals surface area contributed by atoms with Crippen LogP contribution < -0.4 is 5.73 Å². The van der Waals surface area contributed by atoms with Crippen LogP contribution in [-0.4, -0.2) is 35.2 Å². The molecule has 2 N–H and O–H groups in total. The van der Waals surface area contributed by atoms with Gasteiger partial charge in [0.1, 0.15) is 0 Å². The van der Waals surface area contributed by atoms with Crippen molar-refractivity contribution < 1.29 is 14.1 Å². The van der Waals surface area contributed by atoms with Crippen LogP contribution >= 0.6 is 0 Å². The number of anilines is 1. The lowest BCUT2D eigenvalue weighted by Gasteiger charge is -2.01. The minimum Gasteiger partial charge on any atom is -0.379 e. The third kappa shape index (κ3) is 3.10. The summed E-state index contributed by atoms with van der Waals surface area (Å²) >= 11 is 0. The van der Waals surface area contributed by atoms with E-state index in [-0.39, 0.29) is 29.0 Å². The SMILES string of the molecule is Cc1cc([N+](=O)[O-])nn1Cc1ccc(-c2nc(-c3nonc3N)no2)cc1. The fraction of sp³-hybridized carbons (Fsp3) is 0.133. The van der Waals surface area contributed by atoms with Crippen molar-refractivity contribution in [1.29, 1.82) is 0 Å². The standard InChI is InChI=1S/C15H12N8O4/c1-8-6-11(23(24)25)18-22(8)7-9-2-4-10(5-3-9)15-17-14(21-26-15)12-13(16)20-27-19-12/h2-6H,7H2,1H3,(H2,16,20). The Morgan fingerprint density at radius 1 is 1.22 bits per heavy atom. The minimum absolute atomic E-state index is 0.0707. The first-order valence-corrected chi connectivity index (χ1v) is 7.71. The molecule has 0 unspecified atom stereocenters. The van der Waals surface area contributed by atoms with Crippen molar-refractivity contribution in [3.63, 3.8) is 0 Å². The zero-order valence-corrected chi connectivity index (χ0v) is 13.9. The highest BCUT2D eigenvalue weighted by Crippen LogP contribution is 2.24. The van der Waals surface area contributed by atoms with Gasteiger partial charge in [-0.25, -0.2) is 4.63 Å². The lowest BCUT2D eigenvalue weighted by molar-refractivity contribution is -0.389. The van der Waals surface area contributed by atoms with E-state index in [0.29, 0.717) is 17.8 Å². The van der Waals surface area contributed by atoms with E-state index >= 15 is 0 Å². The number of nitrogen functional groups attached to an aromatic ring is 1. The Hall–Kier alpha value is -4.09. The van der Waals surface area contributed by atoms with E-state index in [2.05, 4.69) is 30.2 Å². The summed E-state index contributed by atoms with van der Waals surface area (Å²) in [5, 5.41) is 25.7. The molecule has 0 aliphatic heterocycles. The molecule has 0 fully saturated rings. The summed E-state index contributed by atoms with van der Waals surface area (Å²) in [4.78, 5) is 14.5. The van der Waals surface area contributed by atoms with E-state index < -0.39 is 4.92 Å². The smallest absolute Gasteiger partial charge is 0.379 e. The van der Waals surface area contributed by atoms with E-state index in [1.54, 1.807) is 23.7 Å². The van der Waals surface area contributed by atoms with Crippen LogP contribution in [0.5, 0.6) is 0 Å². The highest BCUT2D eigenvalue weighted by Gasteiger charge is 2.18. The predicted octanol–water partition coefficient (Wildman–Crippen LogP) is 1.83. The molecule has 0 atom stereocenters. The summed E-state index contributed by atoms with van der Waals surface area (Å²) in [5.41, 5.74) is 8.11. The van der Waals surface area contributed by atoms with Gasteiger partial charge in [-0.15, -0.1) is 0 Å². The van der Waals surface area contributed by atoms with Gasteiger partial charge in [0.15, 0.2) is 11.5 Å². The van der Waals surface area contributed by atoms with Gasteiger partial charge in [-0.05, 0) is 39.9 Å². The summed E-state index contributed by atoms with van der Waals surface area (Å²) in [6, 6.07) is 8.71. The van der Waals surface area contributed by atoms with Gasteiger partial charge in [0, 0.05) is 5.56 Å². The Kier molecular flexibility index (Phi) is 3.84. The Bertz CT molecular complexity index is 1110. The van der Waals surface area contributed by atoms with Gasteiger partial charge < -0.3 is 20.4 Å². The molecule has 0 radical (unpaired) electrons. The van der Waals surface area contributed by atoms with E-state index in [0.717, 1.165) is 5.56 Å². The van der Waals surface area contributed by atoms with Gasteiger partial charge in [0.05, 0.1) is 23.4 Å². The molecule has 3 aromatic heterocycles. The van der Waals surface area contributed by atoms with Crippen molar-refractivity contribution >= 4 is 11.6 Å². The number of nitro groups is 1. The molecule has 4 aromatic rings. The Morgan fingerprint density at radius 3 is 2.63 bits per heavy atom. The summed E-state index contributed by atoms with van der Waals surface area (Å²) in [6.07, 6.45) is 0. The maximum absolute atomic E-state index is 10.8. The average molecular weight is 368 g/mol. The molecule has 0 spiro atoms. The highest BCUT2D eigenvalue weighted by atomic mass is 16.6. The minimum atomic E-state index is -0.517. The van der Waals surface area contributed by atoms with Crippen LogP contribution in [-0.2, 0) is 6.54 Å². The van der Waals surface area contributed by atoms with E-state index in [4.69, 9.17) is 10.3 Å². The quantitative estimate of drug-likeness (QED) is 0.405. The second-order valence-corrected chi connectivity index (χ2v) is 5.68. The molecule has 1 aromatic carbocycles. The van der Waals surface area contributed by atoms with E-state index in [9.17, 15) is 10.1 Å². The molecule has 3 heterocycles. The van der Waals surface area contributed by atoms with Crippen LogP contribution in [0.1, 0.15) is 11.3 Å². The number of rotatable bonds is 5. The zero-order valence-electron chi connectivity index (χ0n) is 13.9. The van der Waals surface area contributed by atoms with Crippen LogP contribution in [0.25, 0.3) is 23.0 Å². The molecule has 0 amide bonds. The molecule has 27 heavy (non-hydrogen) atoms. The lowest BCUT2D eigenvalue weighted by Crippen LogP contribution is -2.04. The molecule has 0 aliphatic rings. The number of hydrogen-bond donors (Lipinski definition) is 1. The van der Waals surface area contributed by atoms with Gasteiger partial charge in [-0.1, -0.05) is 17.3 Å². The van der Waals surface area contributed by atoms with Crippen LogP contribution in [0.15, 0.2) is 39.5 Å². The molecule has 12 heteroatoms. The normalized spacial score (nSPS) is 11.0. The summed E-state index contributed by atoms with van der Waals surface area (Å²) in [6.45, 7) is 2.16. The van der Waals surface area contributed by atoms with Crippen molar-refractivity contribution in [3.8, 4) is 23.0 Å². The van der Waals surface area contributed by atoms with E-state index in [1.807, 2.05) is 12.1 Å². The maximum atomic E-state index is 10.8. The molecule has 0 aliphatic carbocycles. The number of aromatic nitrogens is 6. The summed E-state index contributed by atoms with van der Waals surface area (Å²) in [5.74, 6) is 0.350. The van der Waals surface area contributed by atoms with Crippen LogP contribution in [0.3, 0.4) is 0 Å². The second-order valence-electron chi connectivity index (χ2n) is 5.68. The van der Waals surface area contributed by atoms with E-state index in [1.165, 1.54) is 6.07 Å². The molecule has 0 saturated carbocycles. The van der Waals surface area contributed by atoms with Gasteiger partial charge in [-0.3, -0.25) is 0 Å². The predicted molar refractivity (Wildman–Crippen MR) is 90.2 cm³/mol. The largest absolute Gasteiger partial charge is 0.390 e. The number of benzene rings is 1. The molecule has 136 valence electrons. The zero-order chi connectivity index (χ0) is 19.0. The fourth-order valence-corrected chi connectivity index (χ4v) is 2.46. The van der Waals surface area contributed by atoms with Crippen molar-refractivity contribution in [2.24, 2.45) is 0 Å². The first-order valence-electron chi connectivity index (χ1n) is 7.71. The first-order chi connectivity index (χ1) is 13.0. The highest BCUT2D eigenvalue weighted by molar-refractivity contribution is 5.64. The van der Waals surface area contributed by atoms with Crippen molar-refractivity contribution in [2.45, 2.75) is 13.5 Å².